The lowest BCUT2D eigenvalue weighted by atomic mass is 10.2. The molecule has 32 heavy (non-hydrogen) atoms. The van der Waals surface area contributed by atoms with Gasteiger partial charge in [-0.15, -0.1) is 10.2 Å². The molecule has 3 N–H and O–H groups in total. The van der Waals surface area contributed by atoms with Gasteiger partial charge in [-0.3, -0.25) is 10.1 Å². The lowest BCUT2D eigenvalue weighted by molar-refractivity contribution is 0.0991. The number of aromatic nitrogens is 2. The fourth-order valence-electron chi connectivity index (χ4n) is 2.58. The molecule has 0 fully saturated rings. The van der Waals surface area contributed by atoms with Crippen molar-refractivity contribution in [2.75, 3.05) is 63.2 Å². The summed E-state index contributed by atoms with van der Waals surface area (Å²) in [5.41, 5.74) is 0.282. The van der Waals surface area contributed by atoms with Gasteiger partial charge in [0.05, 0.1) is 26.0 Å². The lowest BCUT2D eigenvalue weighted by Gasteiger charge is -2.25. The van der Waals surface area contributed by atoms with Gasteiger partial charge in [0.2, 0.25) is 16.0 Å². The van der Waals surface area contributed by atoms with Crippen molar-refractivity contribution in [3.8, 4) is 5.75 Å². The Morgan fingerprint density at radius 3 is 2.38 bits per heavy atom. The molecular weight excluding hydrogens is 440 g/mol. The van der Waals surface area contributed by atoms with Gasteiger partial charge in [0.25, 0.3) is 5.91 Å². The molecule has 0 aliphatic carbocycles. The van der Waals surface area contributed by atoms with Gasteiger partial charge in [-0.05, 0) is 13.0 Å². The smallest absolute Gasteiger partial charge is 0.381 e. The van der Waals surface area contributed by atoms with Gasteiger partial charge in [0.1, 0.15) is 0 Å². The van der Waals surface area contributed by atoms with E-state index in [0.29, 0.717) is 42.8 Å². The number of hydrogen-bond donors (Lipinski definition) is 3. The number of carbonyl (C=O) groups is 1. The second kappa shape index (κ2) is 12.5. The molecule has 2 aromatic heterocycles. The van der Waals surface area contributed by atoms with Crippen LogP contribution in [-0.2, 0) is 9.47 Å². The van der Waals surface area contributed by atoms with Crippen molar-refractivity contribution >= 4 is 39.4 Å². The van der Waals surface area contributed by atoms with Crippen LogP contribution < -0.4 is 25.9 Å². The van der Waals surface area contributed by atoms with Crippen LogP contribution in [0.1, 0.15) is 17.5 Å². The first-order valence-electron chi connectivity index (χ1n) is 9.47. The molecule has 1 amide bonds. The topological polar surface area (TPSA) is 152 Å². The van der Waals surface area contributed by atoms with Crippen molar-refractivity contribution < 1.29 is 23.4 Å². The van der Waals surface area contributed by atoms with E-state index < -0.39 is 11.5 Å². The van der Waals surface area contributed by atoms with Crippen LogP contribution in [0.15, 0.2) is 27.1 Å². The number of nitrogens with zero attached hydrogens (tertiary/aromatic N) is 3. The predicted octanol–water partition coefficient (Wildman–Crippen LogP) is 1.82. The summed E-state index contributed by atoms with van der Waals surface area (Å²) in [6, 6.07) is 1.43. The second-order valence-corrected chi connectivity index (χ2v) is 7.27. The average molecular weight is 467 g/mol. The number of methoxy groups -OCH3 is 3. The van der Waals surface area contributed by atoms with Crippen LogP contribution in [0.5, 0.6) is 5.75 Å². The summed E-state index contributed by atoms with van der Waals surface area (Å²) in [6.45, 7) is 3.42. The molecule has 2 heterocycles. The van der Waals surface area contributed by atoms with Crippen LogP contribution in [0.25, 0.3) is 0 Å². The lowest BCUT2D eigenvalue weighted by Crippen LogP contribution is -2.32. The molecule has 2 aromatic rings. The molecule has 0 radical (unpaired) electrons. The number of ether oxygens (including phenoxy) is 3. The van der Waals surface area contributed by atoms with Crippen LogP contribution in [0.4, 0.5) is 16.0 Å². The highest BCUT2D eigenvalue weighted by Crippen LogP contribution is 2.27. The third-order valence-corrected chi connectivity index (χ3v) is 4.82. The quantitative estimate of drug-likeness (QED) is 0.373. The minimum Gasteiger partial charge on any atom is -0.488 e. The number of carbonyl (C=O) groups excluding carboxylic acids is 1. The molecule has 174 valence electrons. The Morgan fingerprint density at radius 1 is 1.19 bits per heavy atom. The van der Waals surface area contributed by atoms with Gasteiger partial charge in [-0.1, -0.05) is 11.3 Å². The molecule has 12 nitrogen and oxygen atoms in total. The average Bonchev–Trinajstić information content (AvgIpc) is 3.19. The van der Waals surface area contributed by atoms with Gasteiger partial charge < -0.3 is 34.3 Å². The Morgan fingerprint density at radius 2 is 1.81 bits per heavy atom. The highest BCUT2D eigenvalue weighted by Gasteiger charge is 2.22. The summed E-state index contributed by atoms with van der Waals surface area (Å²) in [5, 5.41) is 21.0. The number of allylic oxidation sites excluding steroid dienone is 2. The minimum atomic E-state index is -0.790. The van der Waals surface area contributed by atoms with Crippen molar-refractivity contribution in [3.05, 3.63) is 34.0 Å². The number of hydrogen-bond acceptors (Lipinski definition) is 12. The number of amides is 1. The fraction of sp³-hybridized carbons (Fsp3) is 0.421. The Hall–Kier alpha value is -3.29. The Kier molecular flexibility index (Phi) is 9.78. The maximum Gasteiger partial charge on any atom is 0.381 e. The van der Waals surface area contributed by atoms with Crippen molar-refractivity contribution in [2.45, 2.75) is 6.92 Å². The SMILES string of the molecule is COCCN(CCOC)c1cc(C(=O)Nc2nnc(N/C(C)=C\C=N)s2)oc(=O)c1OC. The molecule has 0 aliphatic rings. The molecule has 13 heteroatoms. The number of anilines is 3. The third-order valence-electron chi connectivity index (χ3n) is 4.07. The molecule has 0 atom stereocenters. The highest BCUT2D eigenvalue weighted by molar-refractivity contribution is 7.19. The second-order valence-electron chi connectivity index (χ2n) is 6.30. The monoisotopic (exact) mass is 466 g/mol. The Labute approximate surface area is 188 Å². The zero-order valence-corrected chi connectivity index (χ0v) is 19.1. The van der Waals surface area contributed by atoms with Crippen molar-refractivity contribution in [2.24, 2.45) is 0 Å². The predicted molar refractivity (Wildman–Crippen MR) is 122 cm³/mol. The first kappa shape index (κ1) is 25.0. The molecule has 0 aromatic carbocycles. The van der Waals surface area contributed by atoms with Crippen LogP contribution in [0.3, 0.4) is 0 Å². The van der Waals surface area contributed by atoms with Crippen LogP contribution in [0, 0.1) is 5.41 Å². The number of rotatable bonds is 13. The molecule has 0 bridgehead atoms. The van der Waals surface area contributed by atoms with Crippen molar-refractivity contribution in [3.63, 3.8) is 0 Å². The van der Waals surface area contributed by atoms with E-state index in [1.807, 2.05) is 4.90 Å². The van der Waals surface area contributed by atoms with E-state index in [4.69, 9.17) is 24.0 Å². The summed E-state index contributed by atoms with van der Waals surface area (Å²) < 4.78 is 20.7. The molecule has 2 rings (SSSR count). The van der Waals surface area contributed by atoms with E-state index >= 15 is 0 Å². The van der Waals surface area contributed by atoms with Gasteiger partial charge in [0.15, 0.2) is 5.76 Å². The van der Waals surface area contributed by atoms with E-state index in [-0.39, 0.29) is 16.6 Å². The molecule has 0 unspecified atom stereocenters. The third kappa shape index (κ3) is 6.87. The Bertz CT molecular complexity index is 996. The fourth-order valence-corrected chi connectivity index (χ4v) is 3.28. The Balaban J connectivity index is 2.28. The minimum absolute atomic E-state index is 0.0235. The van der Waals surface area contributed by atoms with Gasteiger partial charge in [0, 0.05) is 45.3 Å². The first-order chi connectivity index (χ1) is 15.4. The van der Waals surface area contributed by atoms with Crippen molar-refractivity contribution in [1.29, 1.82) is 5.41 Å². The van der Waals surface area contributed by atoms with E-state index in [0.717, 1.165) is 17.6 Å². The summed E-state index contributed by atoms with van der Waals surface area (Å²) in [4.78, 5) is 27.0. The summed E-state index contributed by atoms with van der Waals surface area (Å²) in [7, 11) is 4.49. The molecule has 0 spiro atoms. The van der Waals surface area contributed by atoms with E-state index in [1.54, 1.807) is 27.2 Å². The van der Waals surface area contributed by atoms with E-state index in [9.17, 15) is 9.59 Å². The maximum atomic E-state index is 12.7. The van der Waals surface area contributed by atoms with E-state index in [2.05, 4.69) is 20.8 Å². The number of nitrogens with one attached hydrogen (secondary N) is 3. The van der Waals surface area contributed by atoms with Gasteiger partial charge in [-0.25, -0.2) is 4.79 Å². The highest BCUT2D eigenvalue weighted by atomic mass is 32.1. The summed E-state index contributed by atoms with van der Waals surface area (Å²) in [5.74, 6) is -0.904. The van der Waals surface area contributed by atoms with Crippen LogP contribution >= 0.6 is 11.3 Å². The molecule has 0 aliphatic heterocycles. The molecule has 0 saturated heterocycles. The van der Waals surface area contributed by atoms with Crippen LogP contribution in [-0.4, -0.2) is 70.0 Å². The molecular formula is C19H26N6O6S. The molecule has 0 saturated carbocycles. The van der Waals surface area contributed by atoms with E-state index in [1.165, 1.54) is 13.2 Å². The van der Waals surface area contributed by atoms with Gasteiger partial charge in [-0.2, -0.15) is 0 Å². The zero-order valence-electron chi connectivity index (χ0n) is 18.3. The standard InChI is InChI=1S/C19H26N6O6S/c1-12(5-6-20)21-18-23-24-19(32-18)22-16(26)14-11-13(15(30-4)17(27)31-14)25(7-9-28-2)8-10-29-3/h5-6,11,20H,7-10H2,1-4H3,(H,21,23)(H,22,24,26)/b12-5-,20-6?. The first-order valence-corrected chi connectivity index (χ1v) is 10.3. The largest absolute Gasteiger partial charge is 0.488 e. The van der Waals surface area contributed by atoms with Crippen LogP contribution in [0.2, 0.25) is 0 Å². The van der Waals surface area contributed by atoms with Gasteiger partial charge >= 0.3 is 5.63 Å². The normalized spacial score (nSPS) is 11.2. The zero-order chi connectivity index (χ0) is 23.5. The summed E-state index contributed by atoms with van der Waals surface area (Å²) in [6.07, 6.45) is 2.68. The van der Waals surface area contributed by atoms with Crippen molar-refractivity contribution in [1.82, 2.24) is 10.2 Å². The summed E-state index contributed by atoms with van der Waals surface area (Å²) >= 11 is 1.09. The maximum absolute atomic E-state index is 12.7.